The second-order valence-corrected chi connectivity index (χ2v) is 9.49. The Bertz CT molecular complexity index is 973. The monoisotopic (exact) mass is 384 g/mol. The summed E-state index contributed by atoms with van der Waals surface area (Å²) in [6.45, 7) is 5.06. The predicted octanol–water partition coefficient (Wildman–Crippen LogP) is 5.13. The number of rotatable bonds is 6. The lowest BCUT2D eigenvalue weighted by atomic mass is 10.2. The molecule has 0 radical (unpaired) electrons. The smallest absolute Gasteiger partial charge is 0.263 e. The number of aromatic nitrogens is 2. The summed E-state index contributed by atoms with van der Waals surface area (Å²) < 4.78 is 1.90. The van der Waals surface area contributed by atoms with E-state index in [1.807, 2.05) is 22.8 Å². The summed E-state index contributed by atoms with van der Waals surface area (Å²) in [6, 6.07) is 10.2. The van der Waals surface area contributed by atoms with Gasteiger partial charge in [-0.2, -0.15) is 0 Å². The standard InChI is InChI=1S/C21H24N2OS2/c1-14(2)11-12-25-21-22-19-18(16-9-6-10-17(16)26-19)20(24)23(21)13-15-7-4-3-5-8-15/h3-5,7-8,14H,6,9-13H2,1-2H3. The minimum Gasteiger partial charge on any atom is -0.283 e. The fraction of sp³-hybridized carbons (Fsp3) is 0.429. The molecule has 0 saturated heterocycles. The van der Waals surface area contributed by atoms with Crippen LogP contribution in [0.25, 0.3) is 10.2 Å². The van der Waals surface area contributed by atoms with Crippen molar-refractivity contribution in [3.63, 3.8) is 0 Å². The van der Waals surface area contributed by atoms with Gasteiger partial charge in [-0.15, -0.1) is 11.3 Å². The molecule has 1 aliphatic carbocycles. The molecule has 2 aromatic heterocycles. The van der Waals surface area contributed by atoms with Crippen LogP contribution in [0, 0.1) is 5.92 Å². The van der Waals surface area contributed by atoms with Crippen molar-refractivity contribution in [2.45, 2.75) is 51.2 Å². The highest BCUT2D eigenvalue weighted by Crippen LogP contribution is 2.35. The Balaban J connectivity index is 1.79. The van der Waals surface area contributed by atoms with E-state index in [-0.39, 0.29) is 5.56 Å². The van der Waals surface area contributed by atoms with Gasteiger partial charge < -0.3 is 0 Å². The minimum absolute atomic E-state index is 0.144. The lowest BCUT2D eigenvalue weighted by Gasteiger charge is -2.13. The van der Waals surface area contributed by atoms with Crippen molar-refractivity contribution in [3.8, 4) is 0 Å². The maximum atomic E-state index is 13.4. The third-order valence-corrected chi connectivity index (χ3v) is 7.10. The predicted molar refractivity (Wildman–Crippen MR) is 112 cm³/mol. The minimum atomic E-state index is 0.144. The van der Waals surface area contributed by atoms with Gasteiger partial charge in [0.2, 0.25) is 0 Å². The first-order valence-electron chi connectivity index (χ1n) is 9.35. The van der Waals surface area contributed by atoms with E-state index in [9.17, 15) is 4.79 Å². The summed E-state index contributed by atoms with van der Waals surface area (Å²) in [5.74, 6) is 1.65. The number of thioether (sulfide) groups is 1. The fourth-order valence-electron chi connectivity index (χ4n) is 3.46. The molecule has 136 valence electrons. The Hall–Kier alpha value is -1.59. The molecule has 2 heterocycles. The molecule has 1 aromatic carbocycles. The summed E-state index contributed by atoms with van der Waals surface area (Å²) in [7, 11) is 0. The summed E-state index contributed by atoms with van der Waals surface area (Å²) in [6.07, 6.45) is 4.42. The van der Waals surface area contributed by atoms with Crippen LogP contribution in [0.4, 0.5) is 0 Å². The van der Waals surface area contributed by atoms with Gasteiger partial charge in [-0.25, -0.2) is 4.98 Å². The number of hydrogen-bond donors (Lipinski definition) is 0. The molecule has 0 aliphatic heterocycles. The zero-order valence-electron chi connectivity index (χ0n) is 15.3. The zero-order chi connectivity index (χ0) is 18.1. The number of fused-ring (bicyclic) bond motifs is 3. The topological polar surface area (TPSA) is 34.9 Å². The highest BCUT2D eigenvalue weighted by Gasteiger charge is 2.23. The quantitative estimate of drug-likeness (QED) is 0.436. The SMILES string of the molecule is CC(C)CCSc1nc2sc3c(c2c(=O)n1Cc1ccccc1)CCC3. The van der Waals surface area contributed by atoms with E-state index in [0.29, 0.717) is 12.5 Å². The molecular formula is C21H24N2OS2. The second-order valence-electron chi connectivity index (χ2n) is 7.34. The Morgan fingerprint density at radius 3 is 2.81 bits per heavy atom. The normalized spacial score (nSPS) is 13.7. The number of benzene rings is 1. The average Bonchev–Trinajstić information content (AvgIpc) is 3.19. The lowest BCUT2D eigenvalue weighted by Crippen LogP contribution is -2.24. The van der Waals surface area contributed by atoms with Crippen molar-refractivity contribution in [2.75, 3.05) is 5.75 Å². The molecule has 0 spiro atoms. The summed E-state index contributed by atoms with van der Waals surface area (Å²) in [5, 5.41) is 1.75. The largest absolute Gasteiger partial charge is 0.283 e. The first kappa shape index (κ1) is 17.8. The van der Waals surface area contributed by atoms with Crippen LogP contribution >= 0.6 is 23.1 Å². The van der Waals surface area contributed by atoms with Crippen molar-refractivity contribution in [1.29, 1.82) is 0 Å². The average molecular weight is 385 g/mol. The molecule has 3 nitrogen and oxygen atoms in total. The van der Waals surface area contributed by atoms with Crippen molar-refractivity contribution in [1.82, 2.24) is 9.55 Å². The van der Waals surface area contributed by atoms with Gasteiger partial charge in [0.25, 0.3) is 5.56 Å². The molecule has 26 heavy (non-hydrogen) atoms. The Morgan fingerprint density at radius 1 is 1.23 bits per heavy atom. The van der Waals surface area contributed by atoms with E-state index in [2.05, 4.69) is 26.0 Å². The second kappa shape index (κ2) is 7.57. The van der Waals surface area contributed by atoms with Crippen molar-refractivity contribution >= 4 is 33.3 Å². The first-order chi connectivity index (χ1) is 12.6. The van der Waals surface area contributed by atoms with Crippen LogP contribution in [0.5, 0.6) is 0 Å². The molecule has 4 rings (SSSR count). The number of nitrogens with zero attached hydrogens (tertiary/aromatic N) is 2. The molecule has 3 aromatic rings. The third kappa shape index (κ3) is 3.47. The van der Waals surface area contributed by atoms with Gasteiger partial charge in [-0.1, -0.05) is 55.9 Å². The van der Waals surface area contributed by atoms with E-state index in [1.165, 1.54) is 16.9 Å². The van der Waals surface area contributed by atoms with E-state index in [1.54, 1.807) is 23.1 Å². The van der Waals surface area contributed by atoms with Gasteiger partial charge in [0.05, 0.1) is 11.9 Å². The highest BCUT2D eigenvalue weighted by atomic mass is 32.2. The van der Waals surface area contributed by atoms with Crippen LogP contribution in [0.15, 0.2) is 40.3 Å². The maximum absolute atomic E-state index is 13.4. The molecular weight excluding hydrogens is 360 g/mol. The van der Waals surface area contributed by atoms with Gasteiger partial charge in [0.15, 0.2) is 5.16 Å². The van der Waals surface area contributed by atoms with Crippen molar-refractivity contribution < 1.29 is 0 Å². The van der Waals surface area contributed by atoms with E-state index >= 15 is 0 Å². The van der Waals surface area contributed by atoms with Gasteiger partial charge in [-0.3, -0.25) is 9.36 Å². The van der Waals surface area contributed by atoms with Gasteiger partial charge in [-0.05, 0) is 42.7 Å². The van der Waals surface area contributed by atoms with Crippen LogP contribution < -0.4 is 5.56 Å². The number of aryl methyl sites for hydroxylation is 2. The Labute approximate surface area is 162 Å². The fourth-order valence-corrected chi connectivity index (χ4v) is 6.00. The number of thiophene rings is 1. The highest BCUT2D eigenvalue weighted by molar-refractivity contribution is 7.99. The Kier molecular flexibility index (Phi) is 5.18. The third-order valence-electron chi connectivity index (χ3n) is 4.90. The molecule has 0 bridgehead atoms. The summed E-state index contributed by atoms with van der Waals surface area (Å²) >= 11 is 3.45. The van der Waals surface area contributed by atoms with Crippen LogP contribution in [-0.2, 0) is 19.4 Å². The first-order valence-corrected chi connectivity index (χ1v) is 11.2. The molecule has 1 aliphatic rings. The molecule has 0 amide bonds. The van der Waals surface area contributed by atoms with E-state index in [4.69, 9.17) is 4.98 Å². The van der Waals surface area contributed by atoms with E-state index < -0.39 is 0 Å². The Morgan fingerprint density at radius 2 is 2.04 bits per heavy atom. The van der Waals surface area contributed by atoms with Crippen molar-refractivity contribution in [3.05, 3.63) is 56.7 Å². The summed E-state index contributed by atoms with van der Waals surface area (Å²) in [4.78, 5) is 20.6. The molecule has 0 fully saturated rings. The lowest BCUT2D eigenvalue weighted by molar-refractivity contribution is 0.626. The van der Waals surface area contributed by atoms with Gasteiger partial charge >= 0.3 is 0 Å². The van der Waals surface area contributed by atoms with Gasteiger partial charge in [0.1, 0.15) is 4.83 Å². The molecule has 0 atom stereocenters. The van der Waals surface area contributed by atoms with Gasteiger partial charge in [0, 0.05) is 10.6 Å². The summed E-state index contributed by atoms with van der Waals surface area (Å²) in [5.41, 5.74) is 2.56. The van der Waals surface area contributed by atoms with Crippen molar-refractivity contribution in [2.24, 2.45) is 5.92 Å². The molecule has 0 unspecified atom stereocenters. The maximum Gasteiger partial charge on any atom is 0.263 e. The molecule has 0 N–H and O–H groups in total. The molecule has 5 heteroatoms. The van der Waals surface area contributed by atoms with Crippen LogP contribution in [0.1, 0.15) is 42.7 Å². The van der Waals surface area contributed by atoms with E-state index in [0.717, 1.165) is 46.0 Å². The van der Waals surface area contributed by atoms with Crippen LogP contribution in [0.2, 0.25) is 0 Å². The molecule has 0 saturated carbocycles. The van der Waals surface area contributed by atoms with Crippen LogP contribution in [-0.4, -0.2) is 15.3 Å². The number of hydrogen-bond acceptors (Lipinski definition) is 4. The van der Waals surface area contributed by atoms with Crippen LogP contribution in [0.3, 0.4) is 0 Å². The zero-order valence-corrected chi connectivity index (χ0v) is 17.0.